The van der Waals surface area contributed by atoms with Gasteiger partial charge in [0.15, 0.2) is 11.5 Å². The Bertz CT molecular complexity index is 1660. The molecule has 0 saturated heterocycles. The second-order valence-corrected chi connectivity index (χ2v) is 9.57. The van der Waals surface area contributed by atoms with E-state index in [0.717, 1.165) is 17.5 Å². The summed E-state index contributed by atoms with van der Waals surface area (Å²) in [5.74, 6) is 1.23. The fraction of sp³-hybridized carbons (Fsp3) is 0.176. The molecule has 5 rings (SSSR count). The number of carbonyl (C=O) groups is 1. The van der Waals surface area contributed by atoms with E-state index in [1.165, 1.54) is 0 Å². The quantitative estimate of drug-likeness (QED) is 0.172. The number of nitrogens with two attached hydrogens (primary N) is 1. The first-order chi connectivity index (χ1) is 20.5. The lowest BCUT2D eigenvalue weighted by Crippen LogP contribution is -2.21. The molecule has 8 heteroatoms. The number of hydrogen-bond donors (Lipinski definition) is 1. The van der Waals surface area contributed by atoms with E-state index in [0.29, 0.717) is 47.3 Å². The zero-order valence-electron chi connectivity index (χ0n) is 23.3. The minimum absolute atomic E-state index is 0.0254. The van der Waals surface area contributed by atoms with Gasteiger partial charge in [0.1, 0.15) is 35.5 Å². The van der Waals surface area contributed by atoms with Crippen molar-refractivity contribution in [1.82, 2.24) is 0 Å². The molecule has 0 spiro atoms. The van der Waals surface area contributed by atoms with Crippen LogP contribution in [0, 0.1) is 11.3 Å². The number of carbonyl (C=O) groups excluding carboxylic acids is 1. The van der Waals surface area contributed by atoms with Crippen LogP contribution in [0.25, 0.3) is 0 Å². The number of ether oxygens (including phenoxy) is 5. The van der Waals surface area contributed by atoms with E-state index in [9.17, 15) is 10.1 Å². The van der Waals surface area contributed by atoms with Gasteiger partial charge in [-0.2, -0.15) is 5.26 Å². The van der Waals surface area contributed by atoms with Crippen molar-refractivity contribution in [1.29, 1.82) is 5.26 Å². The Morgan fingerprint density at radius 2 is 1.76 bits per heavy atom. The van der Waals surface area contributed by atoms with Gasteiger partial charge in [-0.25, -0.2) is 4.79 Å². The summed E-state index contributed by atoms with van der Waals surface area (Å²) < 4.78 is 28.7. The standard InChI is InChI=1S/C34H30N2O6/c1-3-16-39-25-11-7-10-24(17-25)34(37)41-26-13-14-27-30(19-26)42-33(36)28(20-35)32(27)23-12-15-29(31(18-23)38-2)40-21-22-8-5-4-6-9-22/h4-15,17-19,32H,3,16,21,36H2,1-2H3. The van der Waals surface area contributed by atoms with Crippen LogP contribution in [0.15, 0.2) is 102 Å². The molecule has 0 amide bonds. The van der Waals surface area contributed by atoms with Crippen molar-refractivity contribution >= 4 is 5.97 Å². The highest BCUT2D eigenvalue weighted by Crippen LogP contribution is 2.45. The fourth-order valence-electron chi connectivity index (χ4n) is 4.66. The molecule has 4 aromatic rings. The summed E-state index contributed by atoms with van der Waals surface area (Å²) in [6.07, 6.45) is 0.856. The van der Waals surface area contributed by atoms with Gasteiger partial charge in [-0.1, -0.05) is 55.5 Å². The number of hydrogen-bond acceptors (Lipinski definition) is 8. The number of fused-ring (bicyclic) bond motifs is 1. The van der Waals surface area contributed by atoms with Gasteiger partial charge >= 0.3 is 5.97 Å². The molecular formula is C34H30N2O6. The zero-order valence-corrected chi connectivity index (χ0v) is 23.3. The van der Waals surface area contributed by atoms with Gasteiger partial charge in [-0.3, -0.25) is 0 Å². The van der Waals surface area contributed by atoms with Gasteiger partial charge in [0, 0.05) is 11.6 Å². The van der Waals surface area contributed by atoms with Gasteiger partial charge in [-0.05, 0) is 53.9 Å². The molecule has 1 atom stereocenters. The average Bonchev–Trinajstić information content (AvgIpc) is 3.02. The van der Waals surface area contributed by atoms with Crippen LogP contribution in [-0.2, 0) is 6.61 Å². The van der Waals surface area contributed by atoms with Crippen molar-refractivity contribution in [3.63, 3.8) is 0 Å². The van der Waals surface area contributed by atoms with E-state index >= 15 is 0 Å². The summed E-state index contributed by atoms with van der Waals surface area (Å²) in [5.41, 5.74) is 9.29. The van der Waals surface area contributed by atoms with Crippen LogP contribution in [0.5, 0.6) is 28.7 Å². The first-order valence-electron chi connectivity index (χ1n) is 13.5. The van der Waals surface area contributed by atoms with E-state index in [1.807, 2.05) is 55.5 Å². The lowest BCUT2D eigenvalue weighted by Gasteiger charge is -2.27. The molecule has 1 aliphatic rings. The topological polar surface area (TPSA) is 113 Å². The number of allylic oxidation sites excluding steroid dienone is 1. The molecule has 1 heterocycles. The second kappa shape index (κ2) is 12.8. The van der Waals surface area contributed by atoms with Crippen molar-refractivity contribution in [3.05, 3.63) is 125 Å². The molecule has 1 aliphatic heterocycles. The van der Waals surface area contributed by atoms with Gasteiger partial charge in [-0.15, -0.1) is 0 Å². The van der Waals surface area contributed by atoms with Crippen LogP contribution in [0.2, 0.25) is 0 Å². The van der Waals surface area contributed by atoms with Gasteiger partial charge in [0.05, 0.1) is 25.2 Å². The molecule has 4 aromatic carbocycles. The maximum Gasteiger partial charge on any atom is 0.343 e. The molecule has 42 heavy (non-hydrogen) atoms. The summed E-state index contributed by atoms with van der Waals surface area (Å²) >= 11 is 0. The Labute approximate surface area is 244 Å². The monoisotopic (exact) mass is 562 g/mol. The van der Waals surface area contributed by atoms with Crippen LogP contribution in [-0.4, -0.2) is 19.7 Å². The van der Waals surface area contributed by atoms with Crippen molar-refractivity contribution in [3.8, 4) is 34.8 Å². The third-order valence-corrected chi connectivity index (χ3v) is 6.70. The largest absolute Gasteiger partial charge is 0.494 e. The molecule has 0 saturated carbocycles. The highest BCUT2D eigenvalue weighted by molar-refractivity contribution is 5.91. The Hall–Kier alpha value is -5.42. The molecule has 0 radical (unpaired) electrons. The third-order valence-electron chi connectivity index (χ3n) is 6.70. The summed E-state index contributed by atoms with van der Waals surface area (Å²) in [4.78, 5) is 12.9. The summed E-state index contributed by atoms with van der Waals surface area (Å²) in [6.45, 7) is 2.94. The Balaban J connectivity index is 1.40. The maximum absolute atomic E-state index is 12.9. The Morgan fingerprint density at radius 1 is 0.929 bits per heavy atom. The number of nitrogens with zero attached hydrogens (tertiary/aromatic N) is 1. The van der Waals surface area contributed by atoms with E-state index in [1.54, 1.807) is 49.6 Å². The lowest BCUT2D eigenvalue weighted by molar-refractivity contribution is 0.0734. The molecule has 0 fully saturated rings. The van der Waals surface area contributed by atoms with E-state index < -0.39 is 11.9 Å². The highest BCUT2D eigenvalue weighted by atomic mass is 16.5. The minimum atomic E-state index is -0.540. The van der Waals surface area contributed by atoms with Crippen LogP contribution in [0.3, 0.4) is 0 Å². The van der Waals surface area contributed by atoms with Crippen molar-refractivity contribution < 1.29 is 28.5 Å². The van der Waals surface area contributed by atoms with Crippen molar-refractivity contribution in [2.24, 2.45) is 5.73 Å². The maximum atomic E-state index is 12.9. The number of rotatable bonds is 10. The van der Waals surface area contributed by atoms with Gasteiger partial charge in [0.2, 0.25) is 5.88 Å². The molecule has 8 nitrogen and oxygen atoms in total. The number of benzene rings is 4. The Morgan fingerprint density at radius 3 is 2.52 bits per heavy atom. The molecule has 212 valence electrons. The minimum Gasteiger partial charge on any atom is -0.494 e. The van der Waals surface area contributed by atoms with E-state index in [2.05, 4.69) is 6.07 Å². The smallest absolute Gasteiger partial charge is 0.343 e. The third kappa shape index (κ3) is 6.16. The van der Waals surface area contributed by atoms with Crippen LogP contribution in [0.1, 0.15) is 46.3 Å². The zero-order chi connectivity index (χ0) is 29.5. The highest BCUT2D eigenvalue weighted by Gasteiger charge is 2.32. The van der Waals surface area contributed by atoms with Crippen molar-refractivity contribution in [2.75, 3.05) is 13.7 Å². The molecule has 1 unspecified atom stereocenters. The SMILES string of the molecule is CCCOc1cccc(C(=O)Oc2ccc3c(c2)OC(N)=C(C#N)C3c2ccc(OCc3ccccc3)c(OC)c2)c1. The predicted molar refractivity (Wildman–Crippen MR) is 157 cm³/mol. The number of nitriles is 1. The molecular weight excluding hydrogens is 532 g/mol. The average molecular weight is 563 g/mol. The lowest BCUT2D eigenvalue weighted by atomic mass is 9.83. The summed E-state index contributed by atoms with van der Waals surface area (Å²) in [6, 6.07) is 29.4. The van der Waals surface area contributed by atoms with Gasteiger partial charge < -0.3 is 29.4 Å². The Kier molecular flexibility index (Phi) is 8.59. The summed E-state index contributed by atoms with van der Waals surface area (Å²) in [7, 11) is 1.56. The normalized spacial score (nSPS) is 13.8. The fourth-order valence-corrected chi connectivity index (χ4v) is 4.66. The second-order valence-electron chi connectivity index (χ2n) is 9.57. The number of esters is 1. The molecule has 0 aliphatic carbocycles. The van der Waals surface area contributed by atoms with Crippen LogP contribution < -0.4 is 29.4 Å². The van der Waals surface area contributed by atoms with Crippen molar-refractivity contribution in [2.45, 2.75) is 25.9 Å². The number of methoxy groups -OCH3 is 1. The first-order valence-corrected chi connectivity index (χ1v) is 13.5. The first kappa shape index (κ1) is 28.1. The van der Waals surface area contributed by atoms with Gasteiger partial charge in [0.25, 0.3) is 0 Å². The molecule has 2 N–H and O–H groups in total. The van der Waals surface area contributed by atoms with Crippen LogP contribution >= 0.6 is 0 Å². The van der Waals surface area contributed by atoms with Crippen LogP contribution in [0.4, 0.5) is 0 Å². The summed E-state index contributed by atoms with van der Waals surface area (Å²) in [5, 5.41) is 9.98. The van der Waals surface area contributed by atoms with E-state index in [-0.39, 0.29) is 17.2 Å². The molecule has 0 bridgehead atoms. The molecule has 0 aromatic heterocycles. The van der Waals surface area contributed by atoms with E-state index in [4.69, 9.17) is 29.4 Å². The predicted octanol–water partition coefficient (Wildman–Crippen LogP) is 6.50.